The Bertz CT molecular complexity index is 780. The molecule has 0 atom stereocenters. The predicted octanol–water partition coefficient (Wildman–Crippen LogP) is 4.43. The van der Waals surface area contributed by atoms with E-state index in [2.05, 4.69) is 17.8 Å². The molecule has 0 aliphatic carbocycles. The smallest absolute Gasteiger partial charge is 0.269 e. The molecule has 5 nitrogen and oxygen atoms in total. The van der Waals surface area contributed by atoms with Crippen molar-refractivity contribution in [2.45, 2.75) is 39.5 Å². The molecular formula is C23H28N2O3. The van der Waals surface area contributed by atoms with Crippen LogP contribution in [-0.2, 0) is 4.79 Å². The van der Waals surface area contributed by atoms with Crippen molar-refractivity contribution >= 4 is 17.9 Å². The Balaban J connectivity index is 1.74. The van der Waals surface area contributed by atoms with E-state index in [1.165, 1.54) is 18.9 Å². The van der Waals surface area contributed by atoms with Gasteiger partial charge in [0.25, 0.3) is 11.8 Å². The van der Waals surface area contributed by atoms with E-state index in [1.54, 1.807) is 30.3 Å². The van der Waals surface area contributed by atoms with Gasteiger partial charge in [-0.2, -0.15) is 0 Å². The van der Waals surface area contributed by atoms with Crippen LogP contribution in [0.4, 0.5) is 0 Å². The molecule has 0 heterocycles. The molecule has 0 bridgehead atoms. The maximum absolute atomic E-state index is 12.1. The van der Waals surface area contributed by atoms with E-state index >= 15 is 0 Å². The quantitative estimate of drug-likeness (QED) is 0.384. The molecule has 2 N–H and O–H groups in total. The molecule has 2 aromatic rings. The lowest BCUT2D eigenvalue weighted by atomic mass is 10.1. The van der Waals surface area contributed by atoms with Gasteiger partial charge in [0, 0.05) is 11.6 Å². The Labute approximate surface area is 166 Å². The maximum Gasteiger partial charge on any atom is 0.269 e. The van der Waals surface area contributed by atoms with Crippen molar-refractivity contribution in [1.82, 2.24) is 10.9 Å². The van der Waals surface area contributed by atoms with Gasteiger partial charge in [0.1, 0.15) is 5.75 Å². The second-order valence-electron chi connectivity index (χ2n) is 6.62. The third kappa shape index (κ3) is 7.66. The average Bonchev–Trinajstić information content (AvgIpc) is 2.72. The van der Waals surface area contributed by atoms with E-state index in [9.17, 15) is 9.59 Å². The highest BCUT2D eigenvalue weighted by molar-refractivity contribution is 5.97. The van der Waals surface area contributed by atoms with Gasteiger partial charge in [0.15, 0.2) is 0 Å². The molecule has 0 radical (unpaired) electrons. The van der Waals surface area contributed by atoms with E-state index in [0.717, 1.165) is 29.7 Å². The van der Waals surface area contributed by atoms with Crippen molar-refractivity contribution in [2.24, 2.45) is 0 Å². The summed E-state index contributed by atoms with van der Waals surface area (Å²) < 4.78 is 5.66. The second kappa shape index (κ2) is 11.6. The molecule has 0 unspecified atom stereocenters. The van der Waals surface area contributed by atoms with Crippen LogP contribution in [0.1, 0.15) is 54.1 Å². The van der Waals surface area contributed by atoms with Crippen LogP contribution in [-0.4, -0.2) is 18.4 Å². The molecule has 0 saturated carbocycles. The molecule has 0 aliphatic heterocycles. The molecule has 0 aromatic heterocycles. The molecule has 28 heavy (non-hydrogen) atoms. The Hall–Kier alpha value is -3.08. The molecule has 0 spiro atoms. The van der Waals surface area contributed by atoms with Gasteiger partial charge in [-0.05, 0) is 49.2 Å². The monoisotopic (exact) mass is 380 g/mol. The highest BCUT2D eigenvalue weighted by atomic mass is 16.5. The number of hydrogen-bond donors (Lipinski definition) is 2. The molecule has 2 rings (SSSR count). The lowest BCUT2D eigenvalue weighted by Gasteiger charge is -2.08. The van der Waals surface area contributed by atoms with Gasteiger partial charge in [0.2, 0.25) is 0 Å². The highest BCUT2D eigenvalue weighted by Gasteiger charge is 2.06. The van der Waals surface area contributed by atoms with Crippen molar-refractivity contribution in [2.75, 3.05) is 6.61 Å². The number of aryl methyl sites for hydroxylation is 1. The Morgan fingerprint density at radius 1 is 0.929 bits per heavy atom. The second-order valence-corrected chi connectivity index (χ2v) is 6.62. The first-order valence-corrected chi connectivity index (χ1v) is 9.66. The van der Waals surface area contributed by atoms with Gasteiger partial charge >= 0.3 is 0 Å². The highest BCUT2D eigenvalue weighted by Crippen LogP contribution is 2.13. The third-order valence-corrected chi connectivity index (χ3v) is 4.19. The number of carbonyl (C=O) groups excluding carboxylic acids is 2. The summed E-state index contributed by atoms with van der Waals surface area (Å²) in [5, 5.41) is 0. The Morgan fingerprint density at radius 3 is 2.32 bits per heavy atom. The van der Waals surface area contributed by atoms with Crippen molar-refractivity contribution in [3.8, 4) is 5.75 Å². The first kappa shape index (κ1) is 21.2. The summed E-state index contributed by atoms with van der Waals surface area (Å²) in [5.41, 5.74) is 7.29. The van der Waals surface area contributed by atoms with Gasteiger partial charge in [-0.25, -0.2) is 0 Å². The van der Waals surface area contributed by atoms with Gasteiger partial charge in [0.05, 0.1) is 6.61 Å². The van der Waals surface area contributed by atoms with Crippen molar-refractivity contribution in [1.29, 1.82) is 0 Å². The zero-order valence-corrected chi connectivity index (χ0v) is 16.5. The fourth-order valence-corrected chi connectivity index (χ4v) is 2.50. The number of hydrazine groups is 1. The zero-order chi connectivity index (χ0) is 20.2. The number of amides is 2. The van der Waals surface area contributed by atoms with Gasteiger partial charge in [-0.1, -0.05) is 56.0 Å². The van der Waals surface area contributed by atoms with E-state index in [1.807, 2.05) is 31.2 Å². The largest absolute Gasteiger partial charge is 0.494 e. The van der Waals surface area contributed by atoms with Gasteiger partial charge in [-0.15, -0.1) is 0 Å². The summed E-state index contributed by atoms with van der Waals surface area (Å²) >= 11 is 0. The molecular weight excluding hydrogens is 352 g/mol. The summed E-state index contributed by atoms with van der Waals surface area (Å²) in [5.74, 6) is -0.0503. The predicted molar refractivity (Wildman–Crippen MR) is 112 cm³/mol. The number of benzene rings is 2. The summed E-state index contributed by atoms with van der Waals surface area (Å²) in [7, 11) is 0. The van der Waals surface area contributed by atoms with E-state index < -0.39 is 5.91 Å². The number of carbonyl (C=O) groups is 2. The Morgan fingerprint density at radius 2 is 1.64 bits per heavy atom. The molecule has 2 amide bonds. The zero-order valence-electron chi connectivity index (χ0n) is 16.5. The van der Waals surface area contributed by atoms with E-state index in [4.69, 9.17) is 4.74 Å². The van der Waals surface area contributed by atoms with Crippen molar-refractivity contribution in [3.05, 3.63) is 71.3 Å². The number of hydrogen-bond acceptors (Lipinski definition) is 3. The topological polar surface area (TPSA) is 67.4 Å². The normalized spacial score (nSPS) is 10.6. The van der Waals surface area contributed by atoms with Crippen LogP contribution in [0.15, 0.2) is 54.6 Å². The van der Waals surface area contributed by atoms with Gasteiger partial charge in [-0.3, -0.25) is 20.4 Å². The molecule has 5 heteroatoms. The minimum Gasteiger partial charge on any atom is -0.494 e. The molecule has 0 aliphatic rings. The lowest BCUT2D eigenvalue weighted by Crippen LogP contribution is -2.40. The Kier molecular flexibility index (Phi) is 8.79. The number of unbranched alkanes of at least 4 members (excludes halogenated alkanes) is 3. The van der Waals surface area contributed by atoms with Gasteiger partial charge < -0.3 is 4.74 Å². The average molecular weight is 380 g/mol. The molecule has 0 saturated heterocycles. The minimum absolute atomic E-state index is 0.383. The third-order valence-electron chi connectivity index (χ3n) is 4.19. The van der Waals surface area contributed by atoms with Crippen LogP contribution >= 0.6 is 0 Å². The summed E-state index contributed by atoms with van der Waals surface area (Å²) in [6.07, 6.45) is 7.66. The summed E-state index contributed by atoms with van der Waals surface area (Å²) in [4.78, 5) is 23.9. The lowest BCUT2D eigenvalue weighted by molar-refractivity contribution is -0.117. The fraction of sp³-hybridized carbons (Fsp3) is 0.304. The van der Waals surface area contributed by atoms with Crippen LogP contribution in [0, 0.1) is 6.92 Å². The fourth-order valence-electron chi connectivity index (χ4n) is 2.50. The summed E-state index contributed by atoms with van der Waals surface area (Å²) in [6.45, 7) is 4.85. The van der Waals surface area contributed by atoms with Crippen LogP contribution in [0.2, 0.25) is 0 Å². The van der Waals surface area contributed by atoms with Crippen LogP contribution < -0.4 is 15.6 Å². The first-order chi connectivity index (χ1) is 13.6. The SMILES string of the molecule is CCCCCCOc1ccc(C(=O)NNC(=O)/C=C/c2ccc(C)cc2)cc1. The van der Waals surface area contributed by atoms with E-state index in [-0.39, 0.29) is 5.91 Å². The maximum atomic E-state index is 12.1. The van der Waals surface area contributed by atoms with Crippen molar-refractivity contribution < 1.29 is 14.3 Å². The number of rotatable bonds is 9. The standard InChI is InChI=1S/C23H28N2O3/c1-3-4-5-6-17-28-21-14-12-20(13-15-21)23(27)25-24-22(26)16-11-19-9-7-18(2)8-10-19/h7-16H,3-6,17H2,1-2H3,(H,24,26)(H,25,27)/b16-11+. The molecule has 0 fully saturated rings. The molecule has 148 valence electrons. The molecule has 2 aromatic carbocycles. The number of nitrogens with one attached hydrogen (secondary N) is 2. The van der Waals surface area contributed by atoms with Crippen LogP contribution in [0.5, 0.6) is 5.75 Å². The van der Waals surface area contributed by atoms with Crippen LogP contribution in [0.3, 0.4) is 0 Å². The minimum atomic E-state index is -0.402. The summed E-state index contributed by atoms with van der Waals surface area (Å²) in [6, 6.07) is 14.6. The first-order valence-electron chi connectivity index (χ1n) is 9.66. The number of ether oxygens (including phenoxy) is 1. The van der Waals surface area contributed by atoms with E-state index in [0.29, 0.717) is 12.2 Å². The van der Waals surface area contributed by atoms with Crippen LogP contribution in [0.25, 0.3) is 6.08 Å². The van der Waals surface area contributed by atoms with Crippen molar-refractivity contribution in [3.63, 3.8) is 0 Å².